The maximum atomic E-state index is 9.01. The highest BCUT2D eigenvalue weighted by Crippen LogP contribution is 2.28. The predicted octanol–water partition coefficient (Wildman–Crippen LogP) is 1.41. The molecule has 0 radical (unpaired) electrons. The summed E-state index contributed by atoms with van der Waals surface area (Å²) < 4.78 is 0. The Morgan fingerprint density at radius 3 is 2.00 bits per heavy atom. The molecule has 2 heteroatoms. The number of aliphatic hydroxyl groups excluding tert-OH is 2. The van der Waals surface area contributed by atoms with E-state index in [0.717, 1.165) is 12.8 Å². The van der Waals surface area contributed by atoms with Crippen molar-refractivity contribution in [2.24, 2.45) is 11.3 Å². The minimum Gasteiger partial charge on any atom is -0.396 e. The first-order chi connectivity index (χ1) is 5.02. The van der Waals surface area contributed by atoms with Gasteiger partial charge in [-0.25, -0.2) is 0 Å². The van der Waals surface area contributed by atoms with Gasteiger partial charge in [0.2, 0.25) is 0 Å². The molecule has 0 aliphatic heterocycles. The van der Waals surface area contributed by atoms with Gasteiger partial charge < -0.3 is 10.2 Å². The summed E-state index contributed by atoms with van der Waals surface area (Å²) in [6.07, 6.45) is 1.71. The number of hydrogen-bond acceptors (Lipinski definition) is 2. The maximum Gasteiger partial charge on any atom is 0.0464 e. The second kappa shape index (κ2) is 4.73. The first-order valence-electron chi connectivity index (χ1n) is 4.24. The molecule has 1 unspecified atom stereocenters. The van der Waals surface area contributed by atoms with Gasteiger partial charge in [0.05, 0.1) is 0 Å². The standard InChI is InChI=1S/C9H20O2/c1-9(2,3)8(7-11)5-4-6-10/h8,10-11H,4-7H2,1-3H3. The number of rotatable bonds is 4. The summed E-state index contributed by atoms with van der Waals surface area (Å²) in [6, 6.07) is 0. The zero-order chi connectivity index (χ0) is 8.91. The van der Waals surface area contributed by atoms with E-state index in [-0.39, 0.29) is 18.6 Å². The van der Waals surface area contributed by atoms with Gasteiger partial charge in [0.25, 0.3) is 0 Å². The summed E-state index contributed by atoms with van der Waals surface area (Å²) in [6.45, 7) is 6.80. The third-order valence-electron chi connectivity index (χ3n) is 2.16. The van der Waals surface area contributed by atoms with E-state index in [9.17, 15) is 0 Å². The van der Waals surface area contributed by atoms with E-state index in [1.807, 2.05) is 0 Å². The van der Waals surface area contributed by atoms with Crippen LogP contribution in [0.1, 0.15) is 33.6 Å². The molecule has 0 aromatic rings. The van der Waals surface area contributed by atoms with Gasteiger partial charge >= 0.3 is 0 Å². The van der Waals surface area contributed by atoms with Crippen molar-refractivity contribution in [1.82, 2.24) is 0 Å². The molecular formula is C9H20O2. The predicted molar refractivity (Wildman–Crippen MR) is 46.4 cm³/mol. The quantitative estimate of drug-likeness (QED) is 0.653. The molecule has 0 aliphatic carbocycles. The molecule has 0 saturated heterocycles. The van der Waals surface area contributed by atoms with Gasteiger partial charge in [-0.05, 0) is 24.2 Å². The van der Waals surface area contributed by atoms with Crippen molar-refractivity contribution in [2.45, 2.75) is 33.6 Å². The van der Waals surface area contributed by atoms with Crippen LogP contribution in [0.3, 0.4) is 0 Å². The van der Waals surface area contributed by atoms with E-state index in [1.165, 1.54) is 0 Å². The maximum absolute atomic E-state index is 9.01. The van der Waals surface area contributed by atoms with Crippen molar-refractivity contribution >= 4 is 0 Å². The molecule has 0 amide bonds. The highest BCUT2D eigenvalue weighted by molar-refractivity contribution is 4.72. The third-order valence-corrected chi connectivity index (χ3v) is 2.16. The second-order valence-electron chi connectivity index (χ2n) is 4.11. The van der Waals surface area contributed by atoms with Gasteiger partial charge in [-0.15, -0.1) is 0 Å². The summed E-state index contributed by atoms with van der Waals surface area (Å²) in [4.78, 5) is 0. The zero-order valence-corrected chi connectivity index (χ0v) is 7.80. The van der Waals surface area contributed by atoms with Crippen molar-refractivity contribution in [1.29, 1.82) is 0 Å². The monoisotopic (exact) mass is 160 g/mol. The Bertz CT molecular complexity index is 94.2. The van der Waals surface area contributed by atoms with Gasteiger partial charge in [-0.2, -0.15) is 0 Å². The third kappa shape index (κ3) is 4.38. The molecular weight excluding hydrogens is 140 g/mol. The smallest absolute Gasteiger partial charge is 0.0464 e. The Labute approximate surface area is 69.2 Å². The van der Waals surface area contributed by atoms with Crippen molar-refractivity contribution in [3.8, 4) is 0 Å². The molecule has 1 atom stereocenters. The average Bonchev–Trinajstić information content (AvgIpc) is 1.87. The highest BCUT2D eigenvalue weighted by atomic mass is 16.3. The molecule has 0 heterocycles. The number of aliphatic hydroxyl groups is 2. The first kappa shape index (κ1) is 10.9. The van der Waals surface area contributed by atoms with E-state index in [1.54, 1.807) is 0 Å². The average molecular weight is 160 g/mol. The van der Waals surface area contributed by atoms with Crippen molar-refractivity contribution in [3.05, 3.63) is 0 Å². The van der Waals surface area contributed by atoms with E-state index >= 15 is 0 Å². The largest absolute Gasteiger partial charge is 0.396 e. The fourth-order valence-corrected chi connectivity index (χ4v) is 1.14. The molecule has 0 spiro atoms. The molecule has 0 bridgehead atoms. The van der Waals surface area contributed by atoms with Crippen LogP contribution in [0.4, 0.5) is 0 Å². The van der Waals surface area contributed by atoms with Crippen LogP contribution in [0, 0.1) is 11.3 Å². The van der Waals surface area contributed by atoms with Crippen LogP contribution in [0.25, 0.3) is 0 Å². The molecule has 0 saturated carbocycles. The first-order valence-corrected chi connectivity index (χ1v) is 4.24. The Hall–Kier alpha value is -0.0800. The summed E-state index contributed by atoms with van der Waals surface area (Å²) in [5.41, 5.74) is 0.157. The molecule has 2 nitrogen and oxygen atoms in total. The molecule has 0 aromatic carbocycles. The highest BCUT2D eigenvalue weighted by Gasteiger charge is 2.22. The van der Waals surface area contributed by atoms with Crippen LogP contribution >= 0.6 is 0 Å². The van der Waals surface area contributed by atoms with Crippen LogP contribution in [0.15, 0.2) is 0 Å². The SMILES string of the molecule is CC(C)(C)C(CO)CCCO. The molecule has 0 rings (SSSR count). The molecule has 11 heavy (non-hydrogen) atoms. The van der Waals surface area contributed by atoms with E-state index in [2.05, 4.69) is 20.8 Å². The minimum atomic E-state index is 0.157. The van der Waals surface area contributed by atoms with Gasteiger partial charge in [0.1, 0.15) is 0 Å². The fraction of sp³-hybridized carbons (Fsp3) is 1.00. The fourth-order valence-electron chi connectivity index (χ4n) is 1.14. The lowest BCUT2D eigenvalue weighted by Gasteiger charge is -2.28. The summed E-state index contributed by atoms with van der Waals surface area (Å²) in [5.74, 6) is 0.314. The normalized spacial score (nSPS) is 15.0. The van der Waals surface area contributed by atoms with Crippen molar-refractivity contribution in [2.75, 3.05) is 13.2 Å². The summed E-state index contributed by atoms with van der Waals surface area (Å²) >= 11 is 0. The Morgan fingerprint density at radius 1 is 1.18 bits per heavy atom. The second-order valence-corrected chi connectivity index (χ2v) is 4.11. The van der Waals surface area contributed by atoms with Crippen LogP contribution < -0.4 is 0 Å². The number of hydrogen-bond donors (Lipinski definition) is 2. The van der Waals surface area contributed by atoms with Crippen LogP contribution in [-0.2, 0) is 0 Å². The molecule has 0 aromatic heterocycles. The molecule has 0 fully saturated rings. The lowest BCUT2D eigenvalue weighted by atomic mass is 9.79. The van der Waals surface area contributed by atoms with Crippen LogP contribution in [0.2, 0.25) is 0 Å². The van der Waals surface area contributed by atoms with Gasteiger partial charge in [0.15, 0.2) is 0 Å². The van der Waals surface area contributed by atoms with E-state index in [4.69, 9.17) is 10.2 Å². The topological polar surface area (TPSA) is 40.5 Å². The van der Waals surface area contributed by atoms with Crippen molar-refractivity contribution in [3.63, 3.8) is 0 Å². The molecule has 68 valence electrons. The minimum absolute atomic E-state index is 0.157. The molecule has 0 aliphatic rings. The zero-order valence-electron chi connectivity index (χ0n) is 7.80. The van der Waals surface area contributed by atoms with Crippen LogP contribution in [-0.4, -0.2) is 23.4 Å². The lowest BCUT2D eigenvalue weighted by molar-refractivity contribution is 0.114. The lowest BCUT2D eigenvalue weighted by Crippen LogP contribution is -2.24. The summed E-state index contributed by atoms with van der Waals surface area (Å²) in [7, 11) is 0. The Kier molecular flexibility index (Phi) is 4.69. The summed E-state index contributed by atoms with van der Waals surface area (Å²) in [5, 5.41) is 17.6. The van der Waals surface area contributed by atoms with Gasteiger partial charge in [-0.1, -0.05) is 20.8 Å². The Balaban J connectivity index is 3.76. The van der Waals surface area contributed by atoms with Gasteiger partial charge in [0, 0.05) is 13.2 Å². The van der Waals surface area contributed by atoms with Gasteiger partial charge in [-0.3, -0.25) is 0 Å². The van der Waals surface area contributed by atoms with Crippen LogP contribution in [0.5, 0.6) is 0 Å². The Morgan fingerprint density at radius 2 is 1.73 bits per heavy atom. The van der Waals surface area contributed by atoms with E-state index < -0.39 is 0 Å². The van der Waals surface area contributed by atoms with E-state index in [0.29, 0.717) is 5.92 Å². The van der Waals surface area contributed by atoms with Crippen molar-refractivity contribution < 1.29 is 10.2 Å². The molecule has 2 N–H and O–H groups in total.